The molecule has 1 fully saturated rings. The van der Waals surface area contributed by atoms with Crippen LogP contribution in [-0.2, 0) is 4.79 Å². The predicted octanol–water partition coefficient (Wildman–Crippen LogP) is 4.49. The molecule has 0 aliphatic heterocycles. The fourth-order valence-corrected chi connectivity index (χ4v) is 3.79. The van der Waals surface area contributed by atoms with Gasteiger partial charge in [-0.25, -0.2) is 0 Å². The van der Waals surface area contributed by atoms with Crippen molar-refractivity contribution in [1.82, 2.24) is 4.90 Å². The van der Waals surface area contributed by atoms with Crippen molar-refractivity contribution >= 4 is 5.91 Å². The van der Waals surface area contributed by atoms with Crippen LogP contribution in [0.2, 0.25) is 0 Å². The van der Waals surface area contributed by atoms with Crippen molar-refractivity contribution in [1.29, 1.82) is 0 Å². The number of likely N-dealkylation sites (N-methyl/N-ethyl adjacent to an activating group) is 1. The molecule has 0 bridgehead atoms. The summed E-state index contributed by atoms with van der Waals surface area (Å²) < 4.78 is 16.4. The number of allylic oxidation sites excluding steroid dienone is 4. The number of hydrogen-bond donors (Lipinski definition) is 1. The molecule has 6 heteroatoms. The molecule has 0 saturated heterocycles. The van der Waals surface area contributed by atoms with Gasteiger partial charge in [0.25, 0.3) is 0 Å². The first-order valence-electron chi connectivity index (χ1n) is 11.0. The molecule has 32 heavy (non-hydrogen) atoms. The molecule has 1 aromatic rings. The highest BCUT2D eigenvalue weighted by molar-refractivity contribution is 5.84. The van der Waals surface area contributed by atoms with Gasteiger partial charge in [-0.1, -0.05) is 43.7 Å². The van der Waals surface area contributed by atoms with Crippen LogP contribution in [-0.4, -0.2) is 56.4 Å². The number of aliphatic hydroxyl groups excluding tert-OH is 1. The number of methoxy groups -OCH3 is 3. The smallest absolute Gasteiger partial charge is 0.230 e. The number of rotatable bonds is 12. The zero-order valence-corrected chi connectivity index (χ0v) is 20.1. The van der Waals surface area contributed by atoms with E-state index in [9.17, 15) is 9.90 Å². The maximum atomic E-state index is 13.6. The van der Waals surface area contributed by atoms with Crippen molar-refractivity contribution in [2.45, 2.75) is 51.2 Å². The highest BCUT2D eigenvalue weighted by atomic mass is 16.5. The summed E-state index contributed by atoms with van der Waals surface area (Å²) in [6.45, 7) is 7.36. The van der Waals surface area contributed by atoms with Crippen molar-refractivity contribution in [2.24, 2.45) is 5.92 Å². The van der Waals surface area contributed by atoms with Gasteiger partial charge in [-0.3, -0.25) is 4.79 Å². The van der Waals surface area contributed by atoms with Crippen LogP contribution in [0.3, 0.4) is 0 Å². The lowest BCUT2D eigenvalue weighted by molar-refractivity contribution is -0.135. The molecule has 176 valence electrons. The van der Waals surface area contributed by atoms with Gasteiger partial charge in [-0.15, -0.1) is 0 Å². The number of amides is 1. The maximum Gasteiger partial charge on any atom is 0.230 e. The van der Waals surface area contributed by atoms with E-state index in [1.54, 1.807) is 45.4 Å². The Morgan fingerprint density at radius 2 is 1.78 bits per heavy atom. The lowest BCUT2D eigenvalue weighted by atomic mass is 9.90. The van der Waals surface area contributed by atoms with Crippen LogP contribution in [0.15, 0.2) is 48.6 Å². The van der Waals surface area contributed by atoms with Crippen molar-refractivity contribution in [3.8, 4) is 17.2 Å². The summed E-state index contributed by atoms with van der Waals surface area (Å²) in [6.07, 6.45) is 9.37. The summed E-state index contributed by atoms with van der Waals surface area (Å²) in [5.74, 6) is 1.69. The second-order valence-electron chi connectivity index (χ2n) is 8.36. The van der Waals surface area contributed by atoms with Crippen molar-refractivity contribution in [3.63, 3.8) is 0 Å². The third-order valence-electron chi connectivity index (χ3n) is 6.14. The number of benzene rings is 1. The second-order valence-corrected chi connectivity index (χ2v) is 8.36. The van der Waals surface area contributed by atoms with Crippen LogP contribution in [0, 0.1) is 5.92 Å². The van der Waals surface area contributed by atoms with Gasteiger partial charge in [-0.2, -0.15) is 0 Å². The number of carbonyl (C=O) groups is 1. The molecule has 1 aliphatic rings. The standard InChI is InChI=1S/C26H37NO5/c1-8-9-10-11-17(2)24(28)18(3)27(4)26(29)21(14-19-12-13-19)20-15-22(30-5)25(32-7)23(16-20)31-6/h8-11,15-16,18-19,21,24,28H,1,12-14H2,2-7H3/b10-9-,17-11+/t18-,21-,24-/m0/s1. The largest absolute Gasteiger partial charge is 0.493 e. The van der Waals surface area contributed by atoms with Gasteiger partial charge >= 0.3 is 0 Å². The third kappa shape index (κ3) is 6.16. The molecular weight excluding hydrogens is 406 g/mol. The Morgan fingerprint density at radius 1 is 1.19 bits per heavy atom. The fraction of sp³-hybridized carbons (Fsp3) is 0.500. The zero-order chi connectivity index (χ0) is 23.8. The van der Waals surface area contributed by atoms with Crippen molar-refractivity contribution < 1.29 is 24.1 Å². The molecule has 1 amide bonds. The highest BCUT2D eigenvalue weighted by Crippen LogP contribution is 2.44. The van der Waals surface area contributed by atoms with Crippen LogP contribution in [0.25, 0.3) is 0 Å². The van der Waals surface area contributed by atoms with E-state index in [0.717, 1.165) is 30.4 Å². The lowest BCUT2D eigenvalue weighted by Crippen LogP contribution is -2.45. The lowest BCUT2D eigenvalue weighted by Gasteiger charge is -2.33. The Bertz CT molecular complexity index is 831. The highest BCUT2D eigenvalue weighted by Gasteiger charge is 2.35. The molecule has 2 rings (SSSR count). The van der Waals surface area contributed by atoms with Gasteiger partial charge in [0.05, 0.1) is 39.4 Å². The van der Waals surface area contributed by atoms with E-state index in [2.05, 4.69) is 6.58 Å². The second kappa shape index (κ2) is 11.8. The van der Waals surface area contributed by atoms with E-state index in [1.165, 1.54) is 0 Å². The summed E-state index contributed by atoms with van der Waals surface area (Å²) in [4.78, 5) is 15.3. The minimum atomic E-state index is -0.778. The SMILES string of the molecule is C=C/C=C\C=C(/C)[C@H](O)[C@H](C)N(C)C(=O)[C@@H](CC1CC1)c1cc(OC)c(OC)c(OC)c1. The van der Waals surface area contributed by atoms with E-state index in [-0.39, 0.29) is 17.9 Å². The van der Waals surface area contributed by atoms with Gasteiger partial charge in [-0.05, 0) is 49.5 Å². The molecule has 0 aromatic heterocycles. The van der Waals surface area contributed by atoms with E-state index in [1.807, 2.05) is 38.1 Å². The fourth-order valence-electron chi connectivity index (χ4n) is 3.79. The van der Waals surface area contributed by atoms with Crippen molar-refractivity contribution in [3.05, 3.63) is 54.2 Å². The minimum absolute atomic E-state index is 0.0350. The van der Waals surface area contributed by atoms with E-state index < -0.39 is 6.10 Å². The van der Waals surface area contributed by atoms with Gasteiger partial charge < -0.3 is 24.2 Å². The number of nitrogens with zero attached hydrogens (tertiary/aromatic N) is 1. The number of ether oxygens (including phenoxy) is 3. The van der Waals surface area contributed by atoms with Gasteiger partial charge in [0.1, 0.15) is 0 Å². The van der Waals surface area contributed by atoms with Crippen molar-refractivity contribution in [2.75, 3.05) is 28.4 Å². The Morgan fingerprint density at radius 3 is 2.25 bits per heavy atom. The van der Waals surface area contributed by atoms with E-state index >= 15 is 0 Å². The molecule has 3 atom stereocenters. The summed E-state index contributed by atoms with van der Waals surface area (Å²) in [5.41, 5.74) is 1.60. The zero-order valence-electron chi connectivity index (χ0n) is 20.1. The van der Waals surface area contributed by atoms with Crippen LogP contribution >= 0.6 is 0 Å². The number of carbonyl (C=O) groups excluding carboxylic acids is 1. The molecule has 1 aliphatic carbocycles. The molecule has 0 heterocycles. The third-order valence-corrected chi connectivity index (χ3v) is 6.14. The van der Waals surface area contributed by atoms with Crippen LogP contribution < -0.4 is 14.2 Å². The predicted molar refractivity (Wildman–Crippen MR) is 128 cm³/mol. The van der Waals surface area contributed by atoms with Crippen LogP contribution in [0.1, 0.15) is 44.6 Å². The molecule has 0 radical (unpaired) electrons. The first-order valence-corrected chi connectivity index (χ1v) is 11.0. The Balaban J connectivity index is 2.34. The molecular formula is C26H37NO5. The molecule has 1 aromatic carbocycles. The first kappa shape index (κ1) is 25.5. The average Bonchev–Trinajstić information content (AvgIpc) is 3.63. The minimum Gasteiger partial charge on any atom is -0.493 e. The number of aliphatic hydroxyl groups is 1. The van der Waals surface area contributed by atoms with Gasteiger partial charge in [0.15, 0.2) is 11.5 Å². The average molecular weight is 444 g/mol. The molecule has 1 N–H and O–H groups in total. The van der Waals surface area contributed by atoms with Gasteiger partial charge in [0, 0.05) is 7.05 Å². The summed E-state index contributed by atoms with van der Waals surface area (Å²) in [7, 11) is 6.45. The summed E-state index contributed by atoms with van der Waals surface area (Å²) in [6, 6.07) is 3.32. The Hall–Kier alpha value is -2.73. The molecule has 6 nitrogen and oxygen atoms in total. The molecule has 0 spiro atoms. The van der Waals surface area contributed by atoms with Crippen LogP contribution in [0.4, 0.5) is 0 Å². The Labute approximate surface area is 192 Å². The summed E-state index contributed by atoms with van der Waals surface area (Å²) >= 11 is 0. The number of hydrogen-bond acceptors (Lipinski definition) is 5. The Kier molecular flexibility index (Phi) is 9.39. The van der Waals surface area contributed by atoms with Gasteiger partial charge in [0.2, 0.25) is 11.7 Å². The van der Waals surface area contributed by atoms with Crippen LogP contribution in [0.5, 0.6) is 17.2 Å². The molecule has 1 saturated carbocycles. The summed E-state index contributed by atoms with van der Waals surface area (Å²) in [5, 5.41) is 10.8. The quantitative estimate of drug-likeness (QED) is 0.482. The first-order chi connectivity index (χ1) is 15.3. The normalized spacial score (nSPS) is 16.9. The molecule has 0 unspecified atom stereocenters. The topological polar surface area (TPSA) is 68.2 Å². The van der Waals surface area contributed by atoms with E-state index in [4.69, 9.17) is 14.2 Å². The maximum absolute atomic E-state index is 13.6. The monoisotopic (exact) mass is 443 g/mol. The van der Waals surface area contributed by atoms with E-state index in [0.29, 0.717) is 23.2 Å².